The first-order valence-corrected chi connectivity index (χ1v) is 14.6. The molecule has 4 aromatic rings. The van der Waals surface area contributed by atoms with E-state index < -0.39 is 15.8 Å². The number of hydrogen-bond acceptors (Lipinski definition) is 7. The van der Waals surface area contributed by atoms with Crippen molar-refractivity contribution in [3.63, 3.8) is 0 Å². The van der Waals surface area contributed by atoms with Gasteiger partial charge >= 0.3 is 0 Å². The van der Waals surface area contributed by atoms with E-state index in [4.69, 9.17) is 22.1 Å². The third-order valence-corrected chi connectivity index (χ3v) is 9.22. The number of nitrogens with one attached hydrogen (secondary N) is 1. The third kappa shape index (κ3) is 4.79. The number of halogens is 2. The summed E-state index contributed by atoms with van der Waals surface area (Å²) in [5, 5.41) is 0.670. The van der Waals surface area contributed by atoms with Gasteiger partial charge in [0.25, 0.3) is 10.0 Å². The number of fused-ring (bicyclic) bond motifs is 1. The Morgan fingerprint density at radius 3 is 2.54 bits per heavy atom. The van der Waals surface area contributed by atoms with Gasteiger partial charge in [-0.15, -0.1) is 0 Å². The summed E-state index contributed by atoms with van der Waals surface area (Å²) < 4.78 is 51.7. The maximum atomic E-state index is 16.0. The fraction of sp³-hybridized carbons (Fsp3) is 0.333. The largest absolute Gasteiger partial charge is 0.495 e. The van der Waals surface area contributed by atoms with E-state index in [1.54, 1.807) is 12.1 Å². The molecule has 2 aliphatic rings. The number of rotatable bonds is 7. The van der Waals surface area contributed by atoms with E-state index in [1.807, 2.05) is 6.20 Å². The van der Waals surface area contributed by atoms with Gasteiger partial charge in [-0.2, -0.15) is 0 Å². The summed E-state index contributed by atoms with van der Waals surface area (Å²) in [5.74, 6) is -0.160. The minimum Gasteiger partial charge on any atom is -0.495 e. The summed E-state index contributed by atoms with van der Waals surface area (Å²) in [6.45, 7) is 2.01. The van der Waals surface area contributed by atoms with Crippen LogP contribution in [0.25, 0.3) is 22.2 Å². The molecule has 0 spiro atoms. The predicted molar refractivity (Wildman–Crippen MR) is 149 cm³/mol. The van der Waals surface area contributed by atoms with Gasteiger partial charge in [0.1, 0.15) is 23.5 Å². The summed E-state index contributed by atoms with van der Waals surface area (Å²) in [6, 6.07) is 9.50. The molecule has 2 fully saturated rings. The SMILES string of the molecule is COc1ccc(S(=O)(=O)Nc2cccc(-c3cn(C4CCN(C5CC5)CC4)c4ncnc(N)c34)c2F)cc1Cl. The molecular weight excluding hydrogens is 543 g/mol. The third-order valence-electron chi connectivity index (χ3n) is 7.56. The summed E-state index contributed by atoms with van der Waals surface area (Å²) in [4.78, 5) is 11.1. The number of sulfonamides is 1. The molecule has 1 saturated carbocycles. The standard InChI is InChI=1S/C27H28ClFN6O3S/c1-38-23-8-7-18(13-21(23)28)39(36,37)33-22-4-2-3-19(25(22)29)20-14-35(27-24(20)26(30)31-15-32-27)17-9-11-34(12-10-17)16-5-6-16/h2-4,7-8,13-17,33H,5-6,9-12H2,1H3,(H2,30,31,32). The van der Waals surface area contributed by atoms with Crippen molar-refractivity contribution in [3.8, 4) is 16.9 Å². The summed E-state index contributed by atoms with van der Waals surface area (Å²) >= 11 is 6.12. The van der Waals surface area contributed by atoms with Crippen LogP contribution >= 0.6 is 11.6 Å². The van der Waals surface area contributed by atoms with Gasteiger partial charge in [-0.25, -0.2) is 22.8 Å². The van der Waals surface area contributed by atoms with Crippen LogP contribution in [0.15, 0.2) is 53.8 Å². The first kappa shape index (κ1) is 25.8. The number of benzene rings is 2. The zero-order valence-corrected chi connectivity index (χ0v) is 22.8. The fourth-order valence-corrected chi connectivity index (χ4v) is 6.80. The average molecular weight is 571 g/mol. The van der Waals surface area contributed by atoms with Gasteiger partial charge in [0, 0.05) is 42.5 Å². The van der Waals surface area contributed by atoms with Crippen molar-refractivity contribution in [1.29, 1.82) is 0 Å². The van der Waals surface area contributed by atoms with Crippen molar-refractivity contribution in [1.82, 2.24) is 19.4 Å². The first-order valence-electron chi connectivity index (χ1n) is 12.8. The highest BCUT2D eigenvalue weighted by atomic mass is 35.5. The molecule has 1 aliphatic carbocycles. The number of anilines is 2. The van der Waals surface area contributed by atoms with Crippen molar-refractivity contribution in [2.24, 2.45) is 0 Å². The molecule has 0 bridgehead atoms. The molecule has 2 aromatic heterocycles. The summed E-state index contributed by atoms with van der Waals surface area (Å²) in [5.41, 5.74) is 7.43. The Labute approximate surface area is 230 Å². The van der Waals surface area contributed by atoms with Gasteiger partial charge in [0.2, 0.25) is 0 Å². The van der Waals surface area contributed by atoms with Gasteiger partial charge < -0.3 is 19.9 Å². The van der Waals surface area contributed by atoms with Gasteiger partial charge in [0.15, 0.2) is 5.82 Å². The number of likely N-dealkylation sites (tertiary alicyclic amines) is 1. The molecular formula is C27H28ClFN6O3S. The van der Waals surface area contributed by atoms with Crippen molar-refractivity contribution in [2.75, 3.05) is 30.7 Å². The lowest BCUT2D eigenvalue weighted by atomic mass is 10.0. The zero-order chi connectivity index (χ0) is 27.3. The van der Waals surface area contributed by atoms with E-state index in [-0.39, 0.29) is 33.0 Å². The number of hydrogen-bond donors (Lipinski definition) is 2. The molecule has 12 heteroatoms. The number of aromatic nitrogens is 3. The van der Waals surface area contributed by atoms with Crippen LogP contribution in [0.5, 0.6) is 5.75 Å². The quantitative estimate of drug-likeness (QED) is 0.318. The monoisotopic (exact) mass is 570 g/mol. The maximum Gasteiger partial charge on any atom is 0.262 e. The van der Waals surface area contributed by atoms with Crippen LogP contribution in [-0.2, 0) is 10.0 Å². The smallest absolute Gasteiger partial charge is 0.262 e. The molecule has 0 radical (unpaired) electrons. The van der Waals surface area contributed by atoms with E-state index in [0.29, 0.717) is 22.3 Å². The number of methoxy groups -OCH3 is 1. The fourth-order valence-electron chi connectivity index (χ4n) is 5.40. The molecule has 6 rings (SSSR count). The van der Waals surface area contributed by atoms with Gasteiger partial charge in [0.05, 0.1) is 28.1 Å². The van der Waals surface area contributed by atoms with Crippen LogP contribution < -0.4 is 15.2 Å². The molecule has 9 nitrogen and oxygen atoms in total. The Balaban J connectivity index is 1.36. The Morgan fingerprint density at radius 2 is 1.85 bits per heavy atom. The van der Waals surface area contributed by atoms with Crippen LogP contribution in [0.3, 0.4) is 0 Å². The lowest BCUT2D eigenvalue weighted by Gasteiger charge is -2.32. The molecule has 2 aromatic carbocycles. The Hall–Kier alpha value is -3.41. The highest BCUT2D eigenvalue weighted by molar-refractivity contribution is 7.92. The Kier molecular flexibility index (Phi) is 6.60. The molecule has 0 unspecified atom stereocenters. The van der Waals surface area contributed by atoms with Crippen molar-refractivity contribution in [3.05, 3.63) is 59.8 Å². The second-order valence-electron chi connectivity index (χ2n) is 9.97. The topological polar surface area (TPSA) is 115 Å². The molecule has 0 atom stereocenters. The summed E-state index contributed by atoms with van der Waals surface area (Å²) in [7, 11) is -2.71. The van der Waals surface area contributed by atoms with Crippen LogP contribution in [-0.4, -0.2) is 54.1 Å². The van der Waals surface area contributed by atoms with E-state index in [0.717, 1.165) is 32.0 Å². The van der Waals surface area contributed by atoms with Crippen LogP contribution in [0.2, 0.25) is 5.02 Å². The lowest BCUT2D eigenvalue weighted by molar-refractivity contribution is 0.180. The predicted octanol–water partition coefficient (Wildman–Crippen LogP) is 5.08. The second-order valence-corrected chi connectivity index (χ2v) is 12.1. The van der Waals surface area contributed by atoms with Crippen LogP contribution in [0.4, 0.5) is 15.9 Å². The average Bonchev–Trinajstić information content (AvgIpc) is 3.70. The normalized spacial score (nSPS) is 17.0. The molecule has 204 valence electrons. The molecule has 39 heavy (non-hydrogen) atoms. The number of nitrogens with two attached hydrogens (primary N) is 1. The lowest BCUT2D eigenvalue weighted by Crippen LogP contribution is -2.36. The number of nitrogens with zero attached hydrogens (tertiary/aromatic N) is 4. The Bertz CT molecular complexity index is 1670. The van der Waals surface area contributed by atoms with Crippen molar-refractivity contribution < 1.29 is 17.5 Å². The number of ether oxygens (including phenoxy) is 1. The minimum atomic E-state index is -4.14. The second kappa shape index (κ2) is 9.96. The summed E-state index contributed by atoms with van der Waals surface area (Å²) in [6.07, 6.45) is 7.74. The first-order chi connectivity index (χ1) is 18.8. The molecule has 0 amide bonds. The van der Waals surface area contributed by atoms with E-state index >= 15 is 4.39 Å². The van der Waals surface area contributed by atoms with Crippen molar-refractivity contribution >= 4 is 44.2 Å². The van der Waals surface area contributed by atoms with Crippen LogP contribution in [0, 0.1) is 5.82 Å². The zero-order valence-electron chi connectivity index (χ0n) is 21.3. The van der Waals surface area contributed by atoms with Gasteiger partial charge in [-0.1, -0.05) is 23.7 Å². The number of nitrogen functional groups attached to an aromatic ring is 1. The van der Waals surface area contributed by atoms with Gasteiger partial charge in [-0.05, 0) is 49.9 Å². The molecule has 3 heterocycles. The molecule has 1 saturated heterocycles. The van der Waals surface area contributed by atoms with E-state index in [9.17, 15) is 8.42 Å². The highest BCUT2D eigenvalue weighted by Crippen LogP contribution is 2.40. The minimum absolute atomic E-state index is 0.120. The molecule has 1 aliphatic heterocycles. The number of piperidine rings is 1. The Morgan fingerprint density at radius 1 is 1.08 bits per heavy atom. The van der Waals surface area contributed by atoms with Gasteiger partial charge in [-0.3, -0.25) is 4.72 Å². The maximum absolute atomic E-state index is 16.0. The van der Waals surface area contributed by atoms with Crippen molar-refractivity contribution in [2.45, 2.75) is 42.7 Å². The van der Waals surface area contributed by atoms with E-state index in [2.05, 4.69) is 24.2 Å². The highest BCUT2D eigenvalue weighted by Gasteiger charge is 2.33. The van der Waals surface area contributed by atoms with Crippen LogP contribution in [0.1, 0.15) is 31.7 Å². The molecule has 3 N–H and O–H groups in total. The van der Waals surface area contributed by atoms with E-state index in [1.165, 1.54) is 50.5 Å².